The molecular weight excluding hydrogens is 418 g/mol. The molecule has 0 aliphatic carbocycles. The molecule has 0 fully saturated rings. The zero-order valence-electron chi connectivity index (χ0n) is 4.38. The Kier molecular flexibility index (Phi) is 14700. The van der Waals surface area contributed by atoms with Gasteiger partial charge in [0.1, 0.15) is 0 Å². The molecule has 11 heteroatoms. The van der Waals surface area contributed by atoms with Crippen molar-refractivity contribution in [3.05, 3.63) is 0 Å². The van der Waals surface area contributed by atoms with Gasteiger partial charge in [-0.15, -0.1) is 0 Å². The second-order valence-corrected chi connectivity index (χ2v) is 0. The Morgan fingerprint density at radius 3 is 0.273 bits per heavy atom. The maximum Gasteiger partial charge on any atom is 4.00 e. The van der Waals surface area contributed by atoms with Crippen LogP contribution in [0.5, 0.6) is 0 Å². The fraction of sp³-hybridized carbons (Fsp3) is 0. The summed E-state index contributed by atoms with van der Waals surface area (Å²) in [6.07, 6.45) is 0. The van der Waals surface area contributed by atoms with Crippen LogP contribution in [0.1, 0.15) is 0 Å². The first-order valence-electron chi connectivity index (χ1n) is 0. The number of rotatable bonds is 0. The van der Waals surface area contributed by atoms with Gasteiger partial charge >= 0.3 is 73.7 Å². The molecule has 0 spiro atoms. The third kappa shape index (κ3) is 293. The molecule has 0 atom stereocenters. The summed E-state index contributed by atoms with van der Waals surface area (Å²) in [7, 11) is 0. The minimum atomic E-state index is 0. The van der Waals surface area contributed by atoms with Gasteiger partial charge in [0.2, 0.25) is 0 Å². The molecule has 0 saturated heterocycles. The Morgan fingerprint density at radius 2 is 0.273 bits per heavy atom. The molecule has 0 aromatic rings. The second kappa shape index (κ2) is 355. The van der Waals surface area contributed by atoms with E-state index in [2.05, 4.69) is 0 Å². The third-order valence-electron chi connectivity index (χ3n) is 0. The summed E-state index contributed by atoms with van der Waals surface area (Å²) in [6, 6.07) is 0. The van der Waals surface area contributed by atoms with Crippen LogP contribution in [-0.4, -0.2) is 0 Å². The van der Waals surface area contributed by atoms with E-state index in [0.29, 0.717) is 0 Å². The van der Waals surface area contributed by atoms with Gasteiger partial charge in [-0.2, -0.15) is 0 Å². The standard InChI is InChI=1S/2Cr.7O.2Ru/q2*+3;7*-2;2*+4. The van der Waals surface area contributed by atoms with Gasteiger partial charge in [-0.3, -0.25) is 0 Å². The molecule has 0 unspecified atom stereocenters. The first kappa shape index (κ1) is 457. The topological polar surface area (TPSA) is 200 Å². The van der Waals surface area contributed by atoms with Crippen molar-refractivity contribution in [2.45, 2.75) is 0 Å². The quantitative estimate of drug-likeness (QED) is 0.442. The van der Waals surface area contributed by atoms with E-state index in [1.807, 2.05) is 0 Å². The number of hydrogen-bond donors (Lipinski definition) is 0. The molecule has 70 valence electrons. The molecule has 7 nitrogen and oxygen atoms in total. The molecular formula is Cr2O7Ru2. The SMILES string of the molecule is [Cr+3].[Cr+3].[O-2].[O-2].[O-2].[O-2].[O-2].[O-2].[O-2].[Ru+4].[Ru+4]. The van der Waals surface area contributed by atoms with E-state index in [9.17, 15) is 0 Å². The molecule has 0 heterocycles. The Morgan fingerprint density at radius 1 is 0.273 bits per heavy atom. The van der Waals surface area contributed by atoms with Gasteiger partial charge in [0.05, 0.1) is 0 Å². The molecule has 0 aromatic carbocycles. The molecule has 0 aliphatic heterocycles. The largest absolute Gasteiger partial charge is 4.00 e. The predicted molar refractivity (Wildman–Crippen MR) is 4.81 cm³/mol. The van der Waals surface area contributed by atoms with Gasteiger partial charge in [-0.25, -0.2) is 0 Å². The summed E-state index contributed by atoms with van der Waals surface area (Å²) in [5, 5.41) is 0. The molecule has 0 aromatic heterocycles. The number of hydrogen-bond acceptors (Lipinski definition) is 0. The minimum absolute atomic E-state index is 0. The van der Waals surface area contributed by atoms with Crippen LogP contribution in [0.2, 0.25) is 0 Å². The summed E-state index contributed by atoms with van der Waals surface area (Å²) < 4.78 is 0. The van der Waals surface area contributed by atoms with Crippen LogP contribution in [0, 0.1) is 0 Å². The van der Waals surface area contributed by atoms with Crippen LogP contribution in [0.15, 0.2) is 0 Å². The summed E-state index contributed by atoms with van der Waals surface area (Å²) >= 11 is 0. The maximum absolute atomic E-state index is 0. The summed E-state index contributed by atoms with van der Waals surface area (Å²) in [6.45, 7) is 0. The molecule has 0 N–H and O–H groups in total. The summed E-state index contributed by atoms with van der Waals surface area (Å²) in [5.74, 6) is 0. The van der Waals surface area contributed by atoms with E-state index < -0.39 is 0 Å². The third-order valence-corrected chi connectivity index (χ3v) is 0. The Bertz CT molecular complexity index is 14.4. The van der Waals surface area contributed by atoms with Crippen molar-refractivity contribution in [3.8, 4) is 0 Å². The monoisotopic (exact) mass is 420 g/mol. The molecule has 2 radical (unpaired) electrons. The van der Waals surface area contributed by atoms with E-state index >= 15 is 0 Å². The molecule has 0 saturated carbocycles. The van der Waals surface area contributed by atoms with E-state index in [0.717, 1.165) is 0 Å². The van der Waals surface area contributed by atoms with Crippen LogP contribution in [0.25, 0.3) is 0 Å². The first-order chi connectivity index (χ1) is 0. The van der Waals surface area contributed by atoms with Gasteiger partial charge in [0.25, 0.3) is 0 Å². The molecule has 0 rings (SSSR count). The van der Waals surface area contributed by atoms with Crippen LogP contribution >= 0.6 is 0 Å². The van der Waals surface area contributed by atoms with Crippen molar-refractivity contribution in [2.24, 2.45) is 0 Å². The van der Waals surface area contributed by atoms with Crippen molar-refractivity contribution in [1.29, 1.82) is 0 Å². The first-order valence-corrected chi connectivity index (χ1v) is 0. The molecule has 11 heavy (non-hydrogen) atoms. The van der Waals surface area contributed by atoms with Crippen molar-refractivity contribution < 1.29 is 112 Å². The molecule has 0 bridgehead atoms. The van der Waals surface area contributed by atoms with Crippen LogP contribution < -0.4 is 0 Å². The van der Waals surface area contributed by atoms with Gasteiger partial charge in [-0.05, 0) is 0 Å². The van der Waals surface area contributed by atoms with Crippen LogP contribution in [-0.2, 0) is 112 Å². The van der Waals surface area contributed by atoms with E-state index in [-0.39, 0.29) is 112 Å². The molecule has 0 amide bonds. The van der Waals surface area contributed by atoms with E-state index in [1.165, 1.54) is 0 Å². The summed E-state index contributed by atoms with van der Waals surface area (Å²) in [4.78, 5) is 0. The Balaban J connectivity index is 0. The van der Waals surface area contributed by atoms with Gasteiger partial charge in [0, 0.05) is 0 Å². The fourth-order valence-electron chi connectivity index (χ4n) is 0. The Labute approximate surface area is 111 Å². The normalized spacial score (nSPS) is 0. The zero-order chi connectivity index (χ0) is 0. The van der Waals surface area contributed by atoms with Crippen molar-refractivity contribution >= 4 is 0 Å². The van der Waals surface area contributed by atoms with E-state index in [4.69, 9.17) is 0 Å². The predicted octanol–water partition coefficient (Wildman–Crippen LogP) is -0.842. The fourth-order valence-corrected chi connectivity index (χ4v) is 0. The van der Waals surface area contributed by atoms with Crippen molar-refractivity contribution in [1.82, 2.24) is 0 Å². The van der Waals surface area contributed by atoms with E-state index in [1.54, 1.807) is 0 Å². The van der Waals surface area contributed by atoms with Gasteiger partial charge < -0.3 is 38.3 Å². The smallest absolute Gasteiger partial charge is 2.00 e. The van der Waals surface area contributed by atoms with Gasteiger partial charge in [0.15, 0.2) is 0 Å². The Hall–Kier alpha value is 2.03. The average molecular weight is 418 g/mol. The average Bonchev–Trinajstić information content (AvgIpc) is 0. The summed E-state index contributed by atoms with van der Waals surface area (Å²) in [5.41, 5.74) is 0. The van der Waals surface area contributed by atoms with Crippen molar-refractivity contribution in [2.75, 3.05) is 0 Å². The van der Waals surface area contributed by atoms with Gasteiger partial charge in [-0.1, -0.05) is 0 Å². The van der Waals surface area contributed by atoms with Crippen molar-refractivity contribution in [3.63, 3.8) is 0 Å². The van der Waals surface area contributed by atoms with Crippen LogP contribution in [0.3, 0.4) is 0 Å². The zero-order valence-corrected chi connectivity index (χ0v) is 10.4. The minimum Gasteiger partial charge on any atom is -2.00 e. The molecule has 0 aliphatic rings. The van der Waals surface area contributed by atoms with Crippen LogP contribution in [0.4, 0.5) is 0 Å². The second-order valence-electron chi connectivity index (χ2n) is 0. The maximum atomic E-state index is 0.